The first kappa shape index (κ1) is 18.5. The lowest BCUT2D eigenvalue weighted by atomic mass is 10.1. The summed E-state index contributed by atoms with van der Waals surface area (Å²) in [5, 5.41) is 14.4. The predicted octanol–water partition coefficient (Wildman–Crippen LogP) is 2.97. The summed E-state index contributed by atoms with van der Waals surface area (Å²) in [6.07, 6.45) is 2.39. The van der Waals surface area contributed by atoms with Crippen LogP contribution in [0, 0.1) is 18.3 Å². The van der Waals surface area contributed by atoms with Gasteiger partial charge in [-0.05, 0) is 55.2 Å². The van der Waals surface area contributed by atoms with Crippen molar-refractivity contribution in [2.75, 3.05) is 11.9 Å². The van der Waals surface area contributed by atoms with Crippen molar-refractivity contribution < 1.29 is 14.3 Å². The topological polar surface area (TPSA) is 91.2 Å². The molecule has 2 N–H and O–H groups in total. The average Bonchev–Trinajstić information content (AvgIpc) is 3.47. The van der Waals surface area contributed by atoms with Crippen molar-refractivity contribution in [2.24, 2.45) is 0 Å². The number of nitriles is 1. The Balaban J connectivity index is 1.56. The number of hydrogen-bond acceptors (Lipinski definition) is 4. The second-order valence-electron chi connectivity index (χ2n) is 6.59. The molecule has 1 fully saturated rings. The van der Waals surface area contributed by atoms with Crippen molar-refractivity contribution in [1.29, 1.82) is 5.26 Å². The lowest BCUT2D eigenvalue weighted by molar-refractivity contribution is -0.118. The number of carbonyl (C=O) groups excluding carboxylic acids is 2. The summed E-state index contributed by atoms with van der Waals surface area (Å²) < 4.78 is 5.48. The molecule has 138 valence electrons. The van der Waals surface area contributed by atoms with Crippen molar-refractivity contribution in [3.05, 3.63) is 59.2 Å². The van der Waals surface area contributed by atoms with Crippen LogP contribution in [-0.4, -0.2) is 24.5 Å². The Hall–Kier alpha value is -3.33. The number of nitrogens with one attached hydrogen (secondary N) is 2. The van der Waals surface area contributed by atoms with Gasteiger partial charge >= 0.3 is 0 Å². The van der Waals surface area contributed by atoms with Crippen molar-refractivity contribution in [3.8, 4) is 11.8 Å². The van der Waals surface area contributed by atoms with Gasteiger partial charge in [0.1, 0.15) is 5.75 Å². The van der Waals surface area contributed by atoms with E-state index in [0.717, 1.165) is 24.0 Å². The van der Waals surface area contributed by atoms with E-state index in [1.165, 1.54) is 0 Å². The monoisotopic (exact) mass is 363 g/mol. The van der Waals surface area contributed by atoms with E-state index in [1.807, 2.05) is 13.0 Å². The molecule has 1 saturated carbocycles. The lowest BCUT2D eigenvalue weighted by Gasteiger charge is -2.12. The van der Waals surface area contributed by atoms with Gasteiger partial charge in [0.05, 0.1) is 12.5 Å². The van der Waals surface area contributed by atoms with Crippen LogP contribution in [0.2, 0.25) is 0 Å². The molecule has 0 atom stereocenters. The van der Waals surface area contributed by atoms with Gasteiger partial charge in [-0.25, -0.2) is 0 Å². The summed E-state index contributed by atoms with van der Waals surface area (Å²) in [6.45, 7) is 1.72. The molecule has 2 aromatic rings. The molecular weight excluding hydrogens is 342 g/mol. The molecule has 3 rings (SSSR count). The van der Waals surface area contributed by atoms with E-state index < -0.39 is 0 Å². The van der Waals surface area contributed by atoms with Gasteiger partial charge in [0.2, 0.25) is 0 Å². The van der Waals surface area contributed by atoms with Crippen molar-refractivity contribution in [2.45, 2.75) is 32.2 Å². The fourth-order valence-electron chi connectivity index (χ4n) is 2.52. The predicted molar refractivity (Wildman–Crippen MR) is 102 cm³/mol. The number of benzene rings is 2. The van der Waals surface area contributed by atoms with E-state index in [-0.39, 0.29) is 24.5 Å². The van der Waals surface area contributed by atoms with E-state index >= 15 is 0 Å². The van der Waals surface area contributed by atoms with E-state index in [2.05, 4.69) is 16.7 Å². The number of carbonyl (C=O) groups is 2. The molecule has 0 saturated heterocycles. The minimum absolute atomic E-state index is 0.123. The Bertz CT molecular complexity index is 881. The molecule has 6 heteroatoms. The molecule has 0 heterocycles. The number of amides is 2. The van der Waals surface area contributed by atoms with Crippen molar-refractivity contribution >= 4 is 17.5 Å². The Morgan fingerprint density at radius 3 is 2.59 bits per heavy atom. The molecule has 0 spiro atoms. The Morgan fingerprint density at radius 1 is 1.19 bits per heavy atom. The minimum atomic E-state index is -0.307. The smallest absolute Gasteiger partial charge is 0.262 e. The molecule has 27 heavy (non-hydrogen) atoms. The first-order valence-electron chi connectivity index (χ1n) is 8.85. The van der Waals surface area contributed by atoms with Gasteiger partial charge in [0, 0.05) is 17.3 Å². The highest BCUT2D eigenvalue weighted by Crippen LogP contribution is 2.21. The van der Waals surface area contributed by atoms with Gasteiger partial charge in [-0.15, -0.1) is 0 Å². The molecule has 1 aliphatic rings. The molecule has 0 radical (unpaired) electrons. The number of nitrogens with zero attached hydrogens (tertiary/aromatic N) is 1. The van der Waals surface area contributed by atoms with Gasteiger partial charge in [-0.1, -0.05) is 18.2 Å². The van der Waals surface area contributed by atoms with Crippen molar-refractivity contribution in [1.82, 2.24) is 5.32 Å². The normalized spacial score (nSPS) is 12.7. The van der Waals surface area contributed by atoms with E-state index in [9.17, 15) is 9.59 Å². The molecule has 2 amide bonds. The van der Waals surface area contributed by atoms with E-state index in [1.54, 1.807) is 36.4 Å². The maximum absolute atomic E-state index is 12.2. The molecule has 0 unspecified atom stereocenters. The van der Waals surface area contributed by atoms with Crippen LogP contribution in [0.15, 0.2) is 42.5 Å². The van der Waals surface area contributed by atoms with Crippen LogP contribution in [0.3, 0.4) is 0 Å². The number of hydrogen-bond donors (Lipinski definition) is 2. The maximum Gasteiger partial charge on any atom is 0.262 e. The lowest BCUT2D eigenvalue weighted by Crippen LogP contribution is -2.26. The molecule has 1 aliphatic carbocycles. The number of rotatable bonds is 7. The van der Waals surface area contributed by atoms with Gasteiger partial charge in [-0.3, -0.25) is 9.59 Å². The van der Waals surface area contributed by atoms with Crippen LogP contribution < -0.4 is 15.4 Å². The number of ether oxygens (including phenoxy) is 1. The zero-order valence-electron chi connectivity index (χ0n) is 15.1. The zero-order chi connectivity index (χ0) is 19.2. The van der Waals surface area contributed by atoms with E-state index in [4.69, 9.17) is 10.00 Å². The van der Waals surface area contributed by atoms with Crippen LogP contribution in [0.25, 0.3) is 0 Å². The van der Waals surface area contributed by atoms with Gasteiger partial charge in [0.15, 0.2) is 6.61 Å². The first-order chi connectivity index (χ1) is 13.0. The van der Waals surface area contributed by atoms with Crippen LogP contribution >= 0.6 is 0 Å². The average molecular weight is 363 g/mol. The fraction of sp³-hybridized carbons (Fsp3) is 0.286. The van der Waals surface area contributed by atoms with Gasteiger partial charge in [-0.2, -0.15) is 5.26 Å². The third-order valence-corrected chi connectivity index (χ3v) is 4.26. The van der Waals surface area contributed by atoms with Crippen LogP contribution in [0.1, 0.15) is 34.3 Å². The van der Waals surface area contributed by atoms with Crippen molar-refractivity contribution in [3.63, 3.8) is 0 Å². The third-order valence-electron chi connectivity index (χ3n) is 4.26. The quantitative estimate of drug-likeness (QED) is 0.791. The van der Waals surface area contributed by atoms with E-state index in [0.29, 0.717) is 23.4 Å². The van der Waals surface area contributed by atoms with Gasteiger partial charge in [0.25, 0.3) is 11.8 Å². The van der Waals surface area contributed by atoms with Crippen LogP contribution in [0.4, 0.5) is 5.69 Å². The standard InChI is InChI=1S/C21H21N3O3/c1-14-2-5-16(21(26)23-17-6-7-17)12-19(14)24-20(25)13-27-18-8-3-15(4-9-18)10-11-22/h2-5,8-9,12,17H,6-7,10,13H2,1H3,(H,23,26)(H,24,25). The second kappa shape index (κ2) is 8.37. The minimum Gasteiger partial charge on any atom is -0.484 e. The third kappa shape index (κ3) is 5.32. The summed E-state index contributed by atoms with van der Waals surface area (Å²) in [4.78, 5) is 24.4. The SMILES string of the molecule is Cc1ccc(C(=O)NC2CC2)cc1NC(=O)COc1ccc(CC#N)cc1. The Kier molecular flexibility index (Phi) is 5.72. The molecular formula is C21H21N3O3. The number of aryl methyl sites for hydroxylation is 1. The summed E-state index contributed by atoms with van der Waals surface area (Å²) in [5.41, 5.74) is 2.88. The summed E-state index contributed by atoms with van der Waals surface area (Å²) in [5.74, 6) is 0.127. The molecule has 2 aromatic carbocycles. The Morgan fingerprint density at radius 2 is 1.93 bits per heavy atom. The zero-order valence-corrected chi connectivity index (χ0v) is 15.1. The van der Waals surface area contributed by atoms with Gasteiger partial charge < -0.3 is 15.4 Å². The highest BCUT2D eigenvalue weighted by Gasteiger charge is 2.24. The first-order valence-corrected chi connectivity index (χ1v) is 8.85. The molecule has 0 aromatic heterocycles. The second-order valence-corrected chi connectivity index (χ2v) is 6.59. The highest BCUT2D eigenvalue weighted by molar-refractivity contribution is 5.98. The number of anilines is 1. The summed E-state index contributed by atoms with van der Waals surface area (Å²) >= 11 is 0. The highest BCUT2D eigenvalue weighted by atomic mass is 16.5. The molecule has 6 nitrogen and oxygen atoms in total. The summed E-state index contributed by atoms with van der Waals surface area (Å²) in [7, 11) is 0. The Labute approximate surface area is 158 Å². The fourth-order valence-corrected chi connectivity index (χ4v) is 2.52. The largest absolute Gasteiger partial charge is 0.484 e. The van der Waals surface area contributed by atoms with Crippen LogP contribution in [0.5, 0.6) is 5.75 Å². The maximum atomic E-state index is 12.2. The van der Waals surface area contributed by atoms with Crippen LogP contribution in [-0.2, 0) is 11.2 Å². The molecule has 0 aliphatic heterocycles. The summed E-state index contributed by atoms with van der Waals surface area (Å²) in [6, 6.07) is 14.7. The molecule has 0 bridgehead atoms.